The van der Waals surface area contributed by atoms with Gasteiger partial charge in [-0.15, -0.1) is 0 Å². The van der Waals surface area contributed by atoms with E-state index in [1.54, 1.807) is 6.07 Å². The zero-order valence-electron chi connectivity index (χ0n) is 14.0. The van der Waals surface area contributed by atoms with E-state index < -0.39 is 0 Å². The third-order valence-electron chi connectivity index (χ3n) is 3.63. The fourth-order valence-corrected chi connectivity index (χ4v) is 2.86. The maximum absolute atomic E-state index is 6.17. The minimum Gasteiger partial charge on any atom is -0.377 e. The summed E-state index contributed by atoms with van der Waals surface area (Å²) in [4.78, 5) is 4.54. The minimum atomic E-state index is 0.263. The highest BCUT2D eigenvalue weighted by molar-refractivity contribution is 6.35. The lowest BCUT2D eigenvalue weighted by Crippen LogP contribution is -2.39. The van der Waals surface area contributed by atoms with Crippen LogP contribution in [0.15, 0.2) is 23.2 Å². The van der Waals surface area contributed by atoms with Crippen LogP contribution < -0.4 is 10.6 Å². The Hall–Kier alpha value is -1.01. The van der Waals surface area contributed by atoms with Gasteiger partial charge in [-0.05, 0) is 37.5 Å². The third kappa shape index (κ3) is 6.85. The molecule has 134 valence electrons. The summed E-state index contributed by atoms with van der Waals surface area (Å²) < 4.78 is 11.2. The van der Waals surface area contributed by atoms with E-state index in [4.69, 9.17) is 32.7 Å². The summed E-state index contributed by atoms with van der Waals surface area (Å²) in [5, 5.41) is 7.71. The second-order valence-electron chi connectivity index (χ2n) is 5.57. The number of hydrogen-bond acceptors (Lipinski definition) is 3. The van der Waals surface area contributed by atoms with Gasteiger partial charge in [-0.1, -0.05) is 29.3 Å². The van der Waals surface area contributed by atoms with Gasteiger partial charge in [-0.3, -0.25) is 0 Å². The molecule has 1 saturated heterocycles. The van der Waals surface area contributed by atoms with Crippen LogP contribution >= 0.6 is 23.2 Å². The fraction of sp³-hybridized carbons (Fsp3) is 0.588. The molecule has 1 unspecified atom stereocenters. The van der Waals surface area contributed by atoms with Gasteiger partial charge in [-0.25, -0.2) is 4.99 Å². The zero-order chi connectivity index (χ0) is 17.2. The van der Waals surface area contributed by atoms with Crippen LogP contribution in [0.2, 0.25) is 10.0 Å². The topological polar surface area (TPSA) is 54.9 Å². The maximum Gasteiger partial charge on any atom is 0.191 e. The standard InChI is InChI=1S/C17H25Cl2N3O2/c1-2-20-17(21-7-9-23-12-15-4-3-8-24-15)22-11-13-5-6-14(18)10-16(13)19/h5-6,10,15H,2-4,7-9,11-12H2,1H3,(H2,20,21,22). The molecule has 0 radical (unpaired) electrons. The summed E-state index contributed by atoms with van der Waals surface area (Å²) in [7, 11) is 0. The highest BCUT2D eigenvalue weighted by atomic mass is 35.5. The number of nitrogens with one attached hydrogen (secondary N) is 2. The highest BCUT2D eigenvalue weighted by Gasteiger charge is 2.14. The van der Waals surface area contributed by atoms with Gasteiger partial charge in [0.2, 0.25) is 0 Å². The van der Waals surface area contributed by atoms with Crippen LogP contribution in [-0.2, 0) is 16.0 Å². The lowest BCUT2D eigenvalue weighted by molar-refractivity contribution is 0.0191. The minimum absolute atomic E-state index is 0.263. The average Bonchev–Trinajstić information content (AvgIpc) is 3.07. The predicted octanol–water partition coefficient (Wildman–Crippen LogP) is 3.24. The molecule has 0 amide bonds. The molecule has 5 nitrogen and oxygen atoms in total. The lowest BCUT2D eigenvalue weighted by Gasteiger charge is -2.13. The van der Waals surface area contributed by atoms with E-state index in [0.29, 0.717) is 36.3 Å². The van der Waals surface area contributed by atoms with Gasteiger partial charge in [-0.2, -0.15) is 0 Å². The molecule has 0 aliphatic carbocycles. The van der Waals surface area contributed by atoms with Gasteiger partial charge in [0.1, 0.15) is 0 Å². The molecular formula is C17H25Cl2N3O2. The monoisotopic (exact) mass is 373 g/mol. The van der Waals surface area contributed by atoms with E-state index in [1.165, 1.54) is 0 Å². The number of aliphatic imine (C=N–C) groups is 1. The number of ether oxygens (including phenoxy) is 2. The summed E-state index contributed by atoms with van der Waals surface area (Å²) in [5.74, 6) is 0.740. The Morgan fingerprint density at radius 2 is 2.25 bits per heavy atom. The lowest BCUT2D eigenvalue weighted by atomic mass is 10.2. The van der Waals surface area contributed by atoms with Crippen LogP contribution in [0.1, 0.15) is 25.3 Å². The first-order valence-electron chi connectivity index (χ1n) is 8.34. The van der Waals surface area contributed by atoms with Crippen LogP contribution in [0, 0.1) is 0 Å². The van der Waals surface area contributed by atoms with Gasteiger partial charge >= 0.3 is 0 Å². The van der Waals surface area contributed by atoms with Crippen LogP contribution in [0.3, 0.4) is 0 Å². The molecular weight excluding hydrogens is 349 g/mol. The Morgan fingerprint density at radius 1 is 1.38 bits per heavy atom. The van der Waals surface area contributed by atoms with Crippen molar-refractivity contribution in [2.45, 2.75) is 32.4 Å². The first-order valence-corrected chi connectivity index (χ1v) is 9.10. The Kier molecular flexibility index (Phi) is 8.67. The molecule has 2 rings (SSSR count). The van der Waals surface area contributed by atoms with Gasteiger partial charge in [0.05, 0.1) is 25.9 Å². The van der Waals surface area contributed by atoms with Crippen molar-refractivity contribution < 1.29 is 9.47 Å². The molecule has 1 heterocycles. The van der Waals surface area contributed by atoms with Crippen molar-refractivity contribution in [1.29, 1.82) is 0 Å². The summed E-state index contributed by atoms with van der Waals surface area (Å²) in [6.45, 7) is 6.13. The van der Waals surface area contributed by atoms with Crippen molar-refractivity contribution in [3.8, 4) is 0 Å². The molecule has 2 N–H and O–H groups in total. The largest absolute Gasteiger partial charge is 0.377 e. The number of nitrogens with zero attached hydrogens (tertiary/aromatic N) is 1. The number of benzene rings is 1. The van der Waals surface area contributed by atoms with E-state index in [0.717, 1.165) is 37.5 Å². The fourth-order valence-electron chi connectivity index (χ4n) is 2.39. The number of rotatable bonds is 8. The van der Waals surface area contributed by atoms with E-state index in [9.17, 15) is 0 Å². The van der Waals surface area contributed by atoms with E-state index in [-0.39, 0.29) is 6.10 Å². The smallest absolute Gasteiger partial charge is 0.191 e. The van der Waals surface area contributed by atoms with Gasteiger partial charge < -0.3 is 20.1 Å². The Morgan fingerprint density at radius 3 is 2.96 bits per heavy atom. The van der Waals surface area contributed by atoms with Crippen molar-refractivity contribution in [3.05, 3.63) is 33.8 Å². The van der Waals surface area contributed by atoms with E-state index in [2.05, 4.69) is 15.6 Å². The zero-order valence-corrected chi connectivity index (χ0v) is 15.5. The van der Waals surface area contributed by atoms with Gasteiger partial charge in [0, 0.05) is 29.7 Å². The summed E-state index contributed by atoms with van der Waals surface area (Å²) in [6.07, 6.45) is 2.50. The second kappa shape index (κ2) is 10.8. The van der Waals surface area contributed by atoms with Crippen LogP contribution in [0.5, 0.6) is 0 Å². The van der Waals surface area contributed by atoms with Crippen molar-refractivity contribution in [3.63, 3.8) is 0 Å². The molecule has 1 aromatic carbocycles. The predicted molar refractivity (Wildman–Crippen MR) is 99.1 cm³/mol. The first-order chi connectivity index (χ1) is 11.7. The quantitative estimate of drug-likeness (QED) is 0.417. The highest BCUT2D eigenvalue weighted by Crippen LogP contribution is 2.21. The van der Waals surface area contributed by atoms with E-state index in [1.807, 2.05) is 19.1 Å². The first kappa shape index (κ1) is 19.3. The number of halogens is 2. The SMILES string of the molecule is CCNC(=NCc1ccc(Cl)cc1Cl)NCCOCC1CCCO1. The molecule has 1 aliphatic heterocycles. The average molecular weight is 374 g/mol. The van der Waals surface area contributed by atoms with Gasteiger partial charge in [0.15, 0.2) is 5.96 Å². The molecule has 0 bridgehead atoms. The second-order valence-corrected chi connectivity index (χ2v) is 6.41. The van der Waals surface area contributed by atoms with Crippen LogP contribution in [0.25, 0.3) is 0 Å². The molecule has 1 fully saturated rings. The number of hydrogen-bond donors (Lipinski definition) is 2. The van der Waals surface area contributed by atoms with Gasteiger partial charge in [0.25, 0.3) is 0 Å². The van der Waals surface area contributed by atoms with Crippen molar-refractivity contribution in [2.75, 3.05) is 32.9 Å². The Bertz CT molecular complexity index is 535. The molecule has 0 spiro atoms. The normalized spacial score (nSPS) is 18.0. The molecule has 7 heteroatoms. The summed E-state index contributed by atoms with van der Waals surface area (Å²) >= 11 is 12.1. The van der Waals surface area contributed by atoms with Crippen molar-refractivity contribution in [2.24, 2.45) is 4.99 Å². The van der Waals surface area contributed by atoms with Crippen molar-refractivity contribution in [1.82, 2.24) is 10.6 Å². The molecule has 0 aromatic heterocycles. The molecule has 1 aromatic rings. The summed E-state index contributed by atoms with van der Waals surface area (Å²) in [6, 6.07) is 5.44. The van der Waals surface area contributed by atoms with Crippen LogP contribution in [0.4, 0.5) is 0 Å². The van der Waals surface area contributed by atoms with E-state index >= 15 is 0 Å². The molecule has 0 saturated carbocycles. The number of guanidine groups is 1. The Labute approximate surface area is 153 Å². The van der Waals surface area contributed by atoms with Crippen LogP contribution in [-0.4, -0.2) is 45.0 Å². The molecule has 1 atom stereocenters. The maximum atomic E-state index is 6.17. The molecule has 24 heavy (non-hydrogen) atoms. The summed E-state index contributed by atoms with van der Waals surface area (Å²) in [5.41, 5.74) is 0.938. The van der Waals surface area contributed by atoms with Crippen molar-refractivity contribution >= 4 is 29.2 Å². The Balaban J connectivity index is 1.73. The molecule has 1 aliphatic rings. The third-order valence-corrected chi connectivity index (χ3v) is 4.22.